The Bertz CT molecular complexity index is 598. The van der Waals surface area contributed by atoms with Crippen LogP contribution in [0.4, 0.5) is 11.4 Å². The molecule has 1 unspecified atom stereocenters. The van der Waals surface area contributed by atoms with Crippen molar-refractivity contribution in [1.82, 2.24) is 4.98 Å². The first-order valence-electron chi connectivity index (χ1n) is 6.77. The maximum atomic E-state index is 5.85. The molecular formula is C15H18ClN3S. The number of alkyl halides is 1. The molecule has 3 nitrogen and oxygen atoms in total. The van der Waals surface area contributed by atoms with Crippen LogP contribution < -0.4 is 9.80 Å². The van der Waals surface area contributed by atoms with Crippen molar-refractivity contribution in [3.63, 3.8) is 0 Å². The molecule has 0 radical (unpaired) electrons. The van der Waals surface area contributed by atoms with Crippen LogP contribution in [0, 0.1) is 0 Å². The maximum Gasteiger partial charge on any atom is 0.115 e. The number of likely N-dealkylation sites (N-methyl/N-ethyl adjacent to an activating group) is 1. The second-order valence-electron chi connectivity index (χ2n) is 5.09. The molecule has 1 aromatic heterocycles. The van der Waals surface area contributed by atoms with Crippen LogP contribution in [-0.4, -0.2) is 25.1 Å². The van der Waals surface area contributed by atoms with Crippen molar-refractivity contribution in [2.45, 2.75) is 18.8 Å². The molecule has 0 saturated heterocycles. The van der Waals surface area contributed by atoms with E-state index in [4.69, 9.17) is 11.6 Å². The van der Waals surface area contributed by atoms with Crippen molar-refractivity contribution < 1.29 is 0 Å². The van der Waals surface area contributed by atoms with Gasteiger partial charge in [0.25, 0.3) is 0 Å². The van der Waals surface area contributed by atoms with Crippen LogP contribution in [0.1, 0.15) is 23.7 Å². The molecule has 0 amide bonds. The van der Waals surface area contributed by atoms with Crippen molar-refractivity contribution in [2.24, 2.45) is 0 Å². The largest absolute Gasteiger partial charge is 0.371 e. The number of para-hydroxylation sites is 2. The SMILES string of the molecule is CC(c1nc(CCl)cs1)N1CCN(C)c2ccccc21. The first-order chi connectivity index (χ1) is 9.70. The van der Waals surface area contributed by atoms with Crippen LogP contribution in [0.3, 0.4) is 0 Å². The van der Waals surface area contributed by atoms with E-state index in [1.54, 1.807) is 11.3 Å². The number of hydrogen-bond donors (Lipinski definition) is 0. The lowest BCUT2D eigenvalue weighted by Crippen LogP contribution is -2.40. The van der Waals surface area contributed by atoms with E-state index in [-0.39, 0.29) is 6.04 Å². The maximum absolute atomic E-state index is 5.85. The van der Waals surface area contributed by atoms with Crippen LogP contribution in [0.25, 0.3) is 0 Å². The smallest absolute Gasteiger partial charge is 0.115 e. The van der Waals surface area contributed by atoms with E-state index >= 15 is 0 Å². The summed E-state index contributed by atoms with van der Waals surface area (Å²) in [6.07, 6.45) is 0. The van der Waals surface area contributed by atoms with Crippen molar-refractivity contribution in [3.05, 3.63) is 40.3 Å². The lowest BCUT2D eigenvalue weighted by atomic mass is 10.1. The zero-order valence-corrected chi connectivity index (χ0v) is 13.3. The first kappa shape index (κ1) is 13.7. The van der Waals surface area contributed by atoms with E-state index < -0.39 is 0 Å². The summed E-state index contributed by atoms with van der Waals surface area (Å²) in [6, 6.07) is 8.85. The minimum absolute atomic E-state index is 0.284. The number of nitrogens with zero attached hydrogens (tertiary/aromatic N) is 3. The number of fused-ring (bicyclic) bond motifs is 1. The average Bonchev–Trinajstić information content (AvgIpc) is 2.96. The van der Waals surface area contributed by atoms with Crippen molar-refractivity contribution in [1.29, 1.82) is 0 Å². The second kappa shape index (κ2) is 5.62. The summed E-state index contributed by atoms with van der Waals surface area (Å²) >= 11 is 7.56. The third-order valence-corrected chi connectivity index (χ3v) is 5.15. The quantitative estimate of drug-likeness (QED) is 0.802. The summed E-state index contributed by atoms with van der Waals surface area (Å²) in [5.41, 5.74) is 3.55. The Balaban J connectivity index is 1.92. The fourth-order valence-corrected chi connectivity index (χ4v) is 3.76. The highest BCUT2D eigenvalue weighted by Gasteiger charge is 2.26. The number of rotatable bonds is 3. The standard InChI is InChI=1S/C15H18ClN3S/c1-11(15-17-12(9-16)10-20-15)19-8-7-18(2)13-5-3-4-6-14(13)19/h3-6,10-11H,7-9H2,1-2H3. The fourth-order valence-electron chi connectivity index (χ4n) is 2.64. The molecule has 0 saturated carbocycles. The number of thiazole rings is 1. The summed E-state index contributed by atoms with van der Waals surface area (Å²) < 4.78 is 0. The van der Waals surface area contributed by atoms with Gasteiger partial charge in [-0.15, -0.1) is 22.9 Å². The molecule has 20 heavy (non-hydrogen) atoms. The van der Waals surface area contributed by atoms with Gasteiger partial charge in [-0.3, -0.25) is 0 Å². The Labute approximate surface area is 128 Å². The summed E-state index contributed by atoms with van der Waals surface area (Å²) in [7, 11) is 2.15. The third-order valence-electron chi connectivity index (χ3n) is 3.81. The molecule has 106 valence electrons. The molecule has 1 atom stereocenters. The minimum atomic E-state index is 0.284. The van der Waals surface area contributed by atoms with E-state index in [0.29, 0.717) is 5.88 Å². The molecule has 5 heteroatoms. The Morgan fingerprint density at radius 1 is 1.30 bits per heavy atom. The second-order valence-corrected chi connectivity index (χ2v) is 6.25. The normalized spacial score (nSPS) is 16.1. The van der Waals surface area contributed by atoms with Gasteiger partial charge in [0.2, 0.25) is 0 Å². The van der Waals surface area contributed by atoms with Gasteiger partial charge < -0.3 is 9.80 Å². The van der Waals surface area contributed by atoms with Crippen molar-refractivity contribution >= 4 is 34.3 Å². The van der Waals surface area contributed by atoms with Gasteiger partial charge in [0.05, 0.1) is 29.0 Å². The van der Waals surface area contributed by atoms with Gasteiger partial charge in [-0.2, -0.15) is 0 Å². The van der Waals surface area contributed by atoms with E-state index in [2.05, 4.69) is 58.4 Å². The molecule has 2 aromatic rings. The number of aromatic nitrogens is 1. The van der Waals surface area contributed by atoms with E-state index in [9.17, 15) is 0 Å². The molecule has 2 heterocycles. The number of halogens is 1. The lowest BCUT2D eigenvalue weighted by Gasteiger charge is -2.39. The predicted molar refractivity (Wildman–Crippen MR) is 87.1 cm³/mol. The van der Waals surface area contributed by atoms with E-state index in [1.165, 1.54) is 11.4 Å². The van der Waals surface area contributed by atoms with Crippen LogP contribution in [0.2, 0.25) is 0 Å². The summed E-state index contributed by atoms with van der Waals surface area (Å²) in [4.78, 5) is 9.37. The molecule has 1 aliphatic rings. The Kier molecular flexibility index (Phi) is 3.85. The van der Waals surface area contributed by atoms with Gasteiger partial charge in [-0.25, -0.2) is 4.98 Å². The number of anilines is 2. The van der Waals surface area contributed by atoms with Gasteiger partial charge in [0.1, 0.15) is 5.01 Å². The molecule has 1 aliphatic heterocycles. The van der Waals surface area contributed by atoms with E-state index in [1.807, 2.05) is 0 Å². The van der Waals surface area contributed by atoms with Crippen LogP contribution in [-0.2, 0) is 5.88 Å². The molecule has 1 aromatic carbocycles. The molecule has 0 spiro atoms. The van der Waals surface area contributed by atoms with Crippen LogP contribution >= 0.6 is 22.9 Å². The van der Waals surface area contributed by atoms with Crippen molar-refractivity contribution in [2.75, 3.05) is 29.9 Å². The van der Waals surface area contributed by atoms with E-state index in [0.717, 1.165) is 23.8 Å². The zero-order valence-electron chi connectivity index (χ0n) is 11.7. The van der Waals surface area contributed by atoms with Crippen molar-refractivity contribution in [3.8, 4) is 0 Å². The van der Waals surface area contributed by atoms with Gasteiger partial charge in [0.15, 0.2) is 0 Å². The molecule has 0 bridgehead atoms. The third kappa shape index (κ3) is 2.38. The van der Waals surface area contributed by atoms with Gasteiger partial charge in [-0.1, -0.05) is 12.1 Å². The van der Waals surface area contributed by atoms with Crippen LogP contribution in [0.5, 0.6) is 0 Å². The predicted octanol–water partition coefficient (Wildman–Crippen LogP) is 3.90. The van der Waals surface area contributed by atoms with Crippen LogP contribution in [0.15, 0.2) is 29.6 Å². The lowest BCUT2D eigenvalue weighted by molar-refractivity contribution is 0.640. The number of hydrogen-bond acceptors (Lipinski definition) is 4. The molecular weight excluding hydrogens is 290 g/mol. The summed E-state index contributed by atoms with van der Waals surface area (Å²) in [6.45, 7) is 4.28. The highest BCUT2D eigenvalue weighted by Crippen LogP contribution is 2.37. The first-order valence-corrected chi connectivity index (χ1v) is 8.19. The van der Waals surface area contributed by atoms with Gasteiger partial charge in [0, 0.05) is 25.5 Å². The average molecular weight is 308 g/mol. The Morgan fingerprint density at radius 3 is 2.75 bits per heavy atom. The summed E-state index contributed by atoms with van der Waals surface area (Å²) in [5.74, 6) is 0.489. The zero-order chi connectivity index (χ0) is 14.1. The molecule has 3 rings (SSSR count). The van der Waals surface area contributed by atoms with Gasteiger partial charge >= 0.3 is 0 Å². The molecule has 0 N–H and O–H groups in total. The topological polar surface area (TPSA) is 19.4 Å². The Hall–Kier alpha value is -1.26. The number of benzene rings is 1. The fraction of sp³-hybridized carbons (Fsp3) is 0.400. The highest BCUT2D eigenvalue weighted by molar-refractivity contribution is 7.09. The minimum Gasteiger partial charge on any atom is -0.371 e. The molecule has 0 fully saturated rings. The molecule has 0 aliphatic carbocycles. The highest BCUT2D eigenvalue weighted by atomic mass is 35.5. The monoisotopic (exact) mass is 307 g/mol. The van der Waals surface area contributed by atoms with Gasteiger partial charge in [-0.05, 0) is 19.1 Å². The summed E-state index contributed by atoms with van der Waals surface area (Å²) in [5, 5.41) is 3.20. The Morgan fingerprint density at radius 2 is 2.05 bits per heavy atom.